The van der Waals surface area contributed by atoms with E-state index in [4.69, 9.17) is 32.5 Å². The number of ether oxygens (including phenoxy) is 1. The van der Waals surface area contributed by atoms with Crippen LogP contribution in [0.1, 0.15) is 51.6 Å². The summed E-state index contributed by atoms with van der Waals surface area (Å²) in [6.45, 7) is 1.83. The Labute approximate surface area is 224 Å². The summed E-state index contributed by atoms with van der Waals surface area (Å²) in [5, 5.41) is 14.7. The van der Waals surface area contributed by atoms with Gasteiger partial charge in [-0.3, -0.25) is 0 Å². The van der Waals surface area contributed by atoms with E-state index in [-0.39, 0.29) is 0 Å². The van der Waals surface area contributed by atoms with Gasteiger partial charge in [-0.25, -0.2) is 4.79 Å². The van der Waals surface area contributed by atoms with Gasteiger partial charge in [0.15, 0.2) is 0 Å². The van der Waals surface area contributed by atoms with E-state index in [9.17, 15) is 9.90 Å². The van der Waals surface area contributed by atoms with E-state index in [1.165, 1.54) is 5.56 Å². The Morgan fingerprint density at radius 3 is 2.51 bits per heavy atom. The van der Waals surface area contributed by atoms with Gasteiger partial charge in [0.05, 0.1) is 21.2 Å². The van der Waals surface area contributed by atoms with Crippen molar-refractivity contribution in [2.75, 3.05) is 11.4 Å². The minimum Gasteiger partial charge on any atom is -0.489 e. The van der Waals surface area contributed by atoms with Crippen molar-refractivity contribution in [3.8, 4) is 17.0 Å². The Bertz CT molecular complexity index is 1460. The Morgan fingerprint density at radius 2 is 1.81 bits per heavy atom. The fraction of sp³-hybridized carbons (Fsp3) is 0.241. The molecule has 0 saturated heterocycles. The van der Waals surface area contributed by atoms with Crippen LogP contribution in [0.2, 0.25) is 10.0 Å². The molecule has 0 amide bonds. The summed E-state index contributed by atoms with van der Waals surface area (Å²) in [5.41, 5.74) is 5.80. The third-order valence-corrected chi connectivity index (χ3v) is 7.65. The van der Waals surface area contributed by atoms with Crippen molar-refractivity contribution in [2.45, 2.75) is 38.3 Å². The summed E-state index contributed by atoms with van der Waals surface area (Å²) in [6.07, 6.45) is 3.01. The predicted octanol–water partition coefficient (Wildman–Crippen LogP) is 7.37. The van der Waals surface area contributed by atoms with Gasteiger partial charge >= 0.3 is 5.97 Å². The molecule has 1 aliphatic heterocycles. The predicted molar refractivity (Wildman–Crippen MR) is 143 cm³/mol. The lowest BCUT2D eigenvalue weighted by Crippen LogP contribution is -2.30. The second-order valence-corrected chi connectivity index (χ2v) is 10.3. The van der Waals surface area contributed by atoms with E-state index in [1.807, 2.05) is 30.3 Å². The molecule has 2 heterocycles. The summed E-state index contributed by atoms with van der Waals surface area (Å²) < 4.78 is 11.9. The molecule has 1 saturated carbocycles. The summed E-state index contributed by atoms with van der Waals surface area (Å²) in [6, 6.07) is 18.7. The number of halogens is 2. The van der Waals surface area contributed by atoms with Gasteiger partial charge in [0, 0.05) is 30.3 Å². The Balaban J connectivity index is 1.19. The maximum absolute atomic E-state index is 11.4. The zero-order chi connectivity index (χ0) is 25.5. The first kappa shape index (κ1) is 23.9. The van der Waals surface area contributed by atoms with Gasteiger partial charge in [-0.1, -0.05) is 40.5 Å². The second-order valence-electron chi connectivity index (χ2n) is 9.49. The SMILES string of the molecule is O=C(O)c1ccc2c(c1)CN(c1ccc(OCc3c(-c4c(Cl)cccc4Cl)noc3C3CC3)cc1)CC2. The minimum atomic E-state index is -0.904. The number of rotatable bonds is 7. The zero-order valence-corrected chi connectivity index (χ0v) is 21.4. The molecule has 4 aromatic rings. The van der Waals surface area contributed by atoms with Crippen LogP contribution in [0.3, 0.4) is 0 Å². The van der Waals surface area contributed by atoms with Crippen LogP contribution in [0.25, 0.3) is 11.3 Å². The lowest BCUT2D eigenvalue weighted by molar-refractivity contribution is 0.0696. The number of hydrogen-bond donors (Lipinski definition) is 1. The van der Waals surface area contributed by atoms with Gasteiger partial charge in [0.1, 0.15) is 23.8 Å². The normalized spacial score (nSPS) is 14.9. The standard InChI is InChI=1S/C29H24Cl2N2O4/c30-24-2-1-3-25(31)26(24)27-23(28(37-32-27)18-5-6-18)16-36-22-10-8-21(9-11-22)33-13-12-17-4-7-19(29(34)35)14-20(17)15-33/h1-4,7-11,14,18H,5-6,12-13,15-16H2,(H,34,35). The first-order valence-corrected chi connectivity index (χ1v) is 13.0. The van der Waals surface area contributed by atoms with Crippen molar-refractivity contribution >= 4 is 34.9 Å². The lowest BCUT2D eigenvalue weighted by atomic mass is 9.97. The monoisotopic (exact) mass is 534 g/mol. The third kappa shape index (κ3) is 4.79. The highest BCUT2D eigenvalue weighted by Crippen LogP contribution is 2.46. The van der Waals surface area contributed by atoms with Gasteiger partial charge in [-0.15, -0.1) is 0 Å². The molecular weight excluding hydrogens is 511 g/mol. The molecule has 1 N–H and O–H groups in total. The molecule has 2 aliphatic rings. The highest BCUT2D eigenvalue weighted by Gasteiger charge is 2.33. The maximum Gasteiger partial charge on any atom is 0.335 e. The first-order chi connectivity index (χ1) is 18.0. The van der Waals surface area contributed by atoms with Gasteiger partial charge in [-0.2, -0.15) is 0 Å². The summed E-state index contributed by atoms with van der Waals surface area (Å²) in [5.74, 6) is 1.02. The minimum absolute atomic E-state index is 0.292. The summed E-state index contributed by atoms with van der Waals surface area (Å²) in [4.78, 5) is 13.6. The number of carboxylic acid groups (broad SMARTS) is 1. The molecule has 0 bridgehead atoms. The van der Waals surface area contributed by atoms with E-state index in [0.29, 0.717) is 45.9 Å². The van der Waals surface area contributed by atoms with Crippen LogP contribution in [0, 0.1) is 0 Å². The molecule has 3 aromatic carbocycles. The molecule has 1 aliphatic carbocycles. The molecule has 0 atom stereocenters. The molecular formula is C29H24Cl2N2O4. The molecule has 1 aromatic heterocycles. The number of carboxylic acids is 1. The molecule has 0 unspecified atom stereocenters. The molecule has 37 heavy (non-hydrogen) atoms. The fourth-order valence-corrected chi connectivity index (χ4v) is 5.44. The number of hydrogen-bond acceptors (Lipinski definition) is 5. The van der Waals surface area contributed by atoms with E-state index < -0.39 is 5.97 Å². The Morgan fingerprint density at radius 1 is 1.05 bits per heavy atom. The van der Waals surface area contributed by atoms with Crippen LogP contribution in [0.15, 0.2) is 65.2 Å². The van der Waals surface area contributed by atoms with Crippen molar-refractivity contribution in [1.82, 2.24) is 5.16 Å². The number of carbonyl (C=O) groups is 1. The van der Waals surface area contributed by atoms with Gasteiger partial charge in [-0.05, 0) is 78.9 Å². The smallest absolute Gasteiger partial charge is 0.335 e. The number of benzene rings is 3. The summed E-state index contributed by atoms with van der Waals surface area (Å²) in [7, 11) is 0. The van der Waals surface area contributed by atoms with Gasteiger partial charge in [0.25, 0.3) is 0 Å². The molecule has 188 valence electrons. The Kier molecular flexibility index (Phi) is 6.31. The van der Waals surface area contributed by atoms with Gasteiger partial charge in [0.2, 0.25) is 0 Å². The molecule has 6 rings (SSSR count). The number of aromatic nitrogens is 1. The fourth-order valence-electron chi connectivity index (χ4n) is 4.87. The number of nitrogens with zero attached hydrogens (tertiary/aromatic N) is 2. The van der Waals surface area contributed by atoms with Crippen LogP contribution >= 0.6 is 23.2 Å². The van der Waals surface area contributed by atoms with Crippen molar-refractivity contribution in [1.29, 1.82) is 0 Å². The van der Waals surface area contributed by atoms with E-state index in [2.05, 4.69) is 10.1 Å². The first-order valence-electron chi connectivity index (χ1n) is 12.2. The quantitative estimate of drug-likeness (QED) is 0.266. The van der Waals surface area contributed by atoms with E-state index >= 15 is 0 Å². The average Bonchev–Trinajstić information content (AvgIpc) is 3.67. The third-order valence-electron chi connectivity index (χ3n) is 7.02. The van der Waals surface area contributed by atoms with E-state index in [0.717, 1.165) is 54.1 Å². The molecule has 1 fully saturated rings. The highest BCUT2D eigenvalue weighted by atomic mass is 35.5. The Hall–Kier alpha value is -3.48. The molecule has 8 heteroatoms. The molecule has 6 nitrogen and oxygen atoms in total. The maximum atomic E-state index is 11.4. The number of anilines is 1. The van der Waals surface area contributed by atoms with Crippen LogP contribution < -0.4 is 9.64 Å². The van der Waals surface area contributed by atoms with Gasteiger partial charge < -0.3 is 19.3 Å². The van der Waals surface area contributed by atoms with Crippen LogP contribution in [-0.4, -0.2) is 22.8 Å². The number of fused-ring (bicyclic) bond motifs is 1. The van der Waals surface area contributed by atoms with Crippen molar-refractivity contribution in [3.05, 3.63) is 98.7 Å². The summed E-state index contributed by atoms with van der Waals surface area (Å²) >= 11 is 12.9. The van der Waals surface area contributed by atoms with E-state index in [1.54, 1.807) is 30.3 Å². The number of aromatic carboxylic acids is 1. The van der Waals surface area contributed by atoms with Crippen molar-refractivity contribution in [2.24, 2.45) is 0 Å². The van der Waals surface area contributed by atoms with Crippen LogP contribution in [0.4, 0.5) is 5.69 Å². The van der Waals surface area contributed by atoms with Crippen molar-refractivity contribution < 1.29 is 19.2 Å². The van der Waals surface area contributed by atoms with Crippen molar-refractivity contribution in [3.63, 3.8) is 0 Å². The topological polar surface area (TPSA) is 75.8 Å². The molecule has 0 radical (unpaired) electrons. The zero-order valence-electron chi connectivity index (χ0n) is 19.9. The second kappa shape index (κ2) is 9.77. The molecule has 0 spiro atoms. The van der Waals surface area contributed by atoms with Crippen LogP contribution in [-0.2, 0) is 19.6 Å². The van der Waals surface area contributed by atoms with Crippen LogP contribution in [0.5, 0.6) is 5.75 Å². The highest BCUT2D eigenvalue weighted by molar-refractivity contribution is 6.39. The average molecular weight is 535 g/mol. The lowest BCUT2D eigenvalue weighted by Gasteiger charge is -2.31. The largest absolute Gasteiger partial charge is 0.489 e.